The van der Waals surface area contributed by atoms with Gasteiger partial charge in [0.25, 0.3) is 0 Å². The van der Waals surface area contributed by atoms with Gasteiger partial charge in [0.1, 0.15) is 5.82 Å². The van der Waals surface area contributed by atoms with Crippen molar-refractivity contribution in [2.45, 2.75) is 19.6 Å². The highest BCUT2D eigenvalue weighted by molar-refractivity contribution is 5.55. The summed E-state index contributed by atoms with van der Waals surface area (Å²) < 4.78 is 18.9. The van der Waals surface area contributed by atoms with E-state index in [1.54, 1.807) is 6.07 Å². The fourth-order valence-electron chi connectivity index (χ4n) is 2.06. The smallest absolute Gasteiger partial charge is 0.130 e. The van der Waals surface area contributed by atoms with Gasteiger partial charge >= 0.3 is 0 Å². The third-order valence-corrected chi connectivity index (χ3v) is 2.93. The molecule has 1 N–H and O–H groups in total. The highest BCUT2D eigenvalue weighted by Crippen LogP contribution is 2.26. The molecule has 1 aromatic carbocycles. The number of nitrogens with zero attached hydrogens (tertiary/aromatic N) is 1. The molecule has 88 valence electrons. The molecule has 0 saturated carbocycles. The van der Waals surface area contributed by atoms with Crippen LogP contribution in [0.25, 0.3) is 0 Å². The van der Waals surface area contributed by atoms with E-state index >= 15 is 0 Å². The number of benzene rings is 1. The molecule has 0 bridgehead atoms. The first-order valence-corrected chi connectivity index (χ1v) is 5.46. The Morgan fingerprint density at radius 1 is 1.56 bits per heavy atom. The van der Waals surface area contributed by atoms with E-state index in [9.17, 15) is 9.50 Å². The molecule has 4 heteroatoms. The molecular weight excluding hydrogens is 209 g/mol. The van der Waals surface area contributed by atoms with Crippen molar-refractivity contribution in [2.24, 2.45) is 0 Å². The molecule has 2 rings (SSSR count). The average molecular weight is 225 g/mol. The van der Waals surface area contributed by atoms with Crippen LogP contribution in [0.5, 0.6) is 0 Å². The number of halogens is 1. The molecular formula is C12H16FNO2. The van der Waals surface area contributed by atoms with E-state index in [2.05, 4.69) is 4.90 Å². The summed E-state index contributed by atoms with van der Waals surface area (Å²) in [6.07, 6.45) is 0. The summed E-state index contributed by atoms with van der Waals surface area (Å²) in [4.78, 5) is 2.08. The zero-order chi connectivity index (χ0) is 11.5. The van der Waals surface area contributed by atoms with Crippen LogP contribution >= 0.6 is 0 Å². The fourth-order valence-corrected chi connectivity index (χ4v) is 2.06. The molecule has 1 fully saturated rings. The Morgan fingerprint density at radius 3 is 3.06 bits per heavy atom. The number of hydrogen-bond donors (Lipinski definition) is 1. The maximum absolute atomic E-state index is 13.5. The van der Waals surface area contributed by atoms with E-state index in [4.69, 9.17) is 4.74 Å². The molecule has 0 amide bonds. The third kappa shape index (κ3) is 2.03. The zero-order valence-electron chi connectivity index (χ0n) is 9.32. The van der Waals surface area contributed by atoms with Crippen LogP contribution in [0.15, 0.2) is 18.2 Å². The molecule has 1 unspecified atom stereocenters. The summed E-state index contributed by atoms with van der Waals surface area (Å²) in [6.45, 7) is 3.78. The molecule has 1 saturated heterocycles. The van der Waals surface area contributed by atoms with Crippen LogP contribution in [-0.4, -0.2) is 30.9 Å². The Labute approximate surface area is 94.4 Å². The second-order valence-electron chi connectivity index (χ2n) is 4.01. The van der Waals surface area contributed by atoms with Gasteiger partial charge in [-0.1, -0.05) is 6.07 Å². The van der Waals surface area contributed by atoms with Crippen molar-refractivity contribution in [3.05, 3.63) is 29.6 Å². The Hall–Kier alpha value is -1.13. The number of hydrogen-bond acceptors (Lipinski definition) is 3. The van der Waals surface area contributed by atoms with E-state index in [0.29, 0.717) is 18.8 Å². The van der Waals surface area contributed by atoms with Crippen molar-refractivity contribution in [3.63, 3.8) is 0 Å². The molecule has 1 aromatic rings. The number of aliphatic hydroxyl groups excluding tert-OH is 1. The van der Waals surface area contributed by atoms with Crippen molar-refractivity contribution in [2.75, 3.05) is 24.7 Å². The molecule has 1 heterocycles. The summed E-state index contributed by atoms with van der Waals surface area (Å²) in [5.74, 6) is -0.348. The third-order valence-electron chi connectivity index (χ3n) is 2.93. The largest absolute Gasteiger partial charge is 0.391 e. The highest BCUT2D eigenvalue weighted by Gasteiger charge is 2.22. The van der Waals surface area contributed by atoms with Crippen LogP contribution in [0.4, 0.5) is 10.1 Å². The molecule has 1 aliphatic rings. The highest BCUT2D eigenvalue weighted by atomic mass is 19.1. The number of anilines is 1. The molecule has 1 atom stereocenters. The van der Waals surface area contributed by atoms with E-state index in [1.165, 1.54) is 6.07 Å². The molecule has 3 nitrogen and oxygen atoms in total. The van der Waals surface area contributed by atoms with Gasteiger partial charge in [-0.2, -0.15) is 0 Å². The lowest BCUT2D eigenvalue weighted by atomic mass is 10.1. The topological polar surface area (TPSA) is 32.7 Å². The first-order chi connectivity index (χ1) is 7.74. The number of rotatable bonds is 2. The lowest BCUT2D eigenvalue weighted by Crippen LogP contribution is -2.44. The van der Waals surface area contributed by atoms with Crippen LogP contribution in [-0.2, 0) is 11.3 Å². The van der Waals surface area contributed by atoms with E-state index < -0.39 is 0 Å². The van der Waals surface area contributed by atoms with Gasteiger partial charge in [0.05, 0.1) is 19.8 Å². The van der Waals surface area contributed by atoms with E-state index in [-0.39, 0.29) is 18.5 Å². The van der Waals surface area contributed by atoms with Crippen LogP contribution in [0, 0.1) is 5.82 Å². The number of aliphatic hydroxyl groups is 1. The van der Waals surface area contributed by atoms with Crippen molar-refractivity contribution < 1.29 is 14.2 Å². The maximum atomic E-state index is 13.5. The van der Waals surface area contributed by atoms with E-state index in [1.807, 2.05) is 13.0 Å². The molecule has 0 spiro atoms. The van der Waals surface area contributed by atoms with Crippen LogP contribution in [0.2, 0.25) is 0 Å². The normalized spacial score (nSPS) is 21.2. The Kier molecular flexibility index (Phi) is 3.41. The minimum Gasteiger partial charge on any atom is -0.391 e. The van der Waals surface area contributed by atoms with Gasteiger partial charge in [-0.3, -0.25) is 0 Å². The van der Waals surface area contributed by atoms with Gasteiger partial charge < -0.3 is 14.7 Å². The van der Waals surface area contributed by atoms with Crippen LogP contribution in [0.3, 0.4) is 0 Å². The fraction of sp³-hybridized carbons (Fsp3) is 0.500. The molecule has 1 aliphatic heterocycles. The van der Waals surface area contributed by atoms with Crippen molar-refractivity contribution in [1.29, 1.82) is 0 Å². The average Bonchev–Trinajstić information content (AvgIpc) is 2.29. The predicted molar refractivity (Wildman–Crippen MR) is 59.9 cm³/mol. The monoisotopic (exact) mass is 225 g/mol. The molecule has 0 radical (unpaired) electrons. The van der Waals surface area contributed by atoms with Crippen LogP contribution < -0.4 is 4.90 Å². The van der Waals surface area contributed by atoms with Gasteiger partial charge in [-0.15, -0.1) is 0 Å². The van der Waals surface area contributed by atoms with Gasteiger partial charge in [0.15, 0.2) is 0 Å². The maximum Gasteiger partial charge on any atom is 0.130 e. The second kappa shape index (κ2) is 4.80. The van der Waals surface area contributed by atoms with Gasteiger partial charge in [0, 0.05) is 23.8 Å². The summed E-state index contributed by atoms with van der Waals surface area (Å²) in [5, 5.41) is 9.22. The first kappa shape index (κ1) is 11.4. The SMILES string of the molecule is CC1COCCN1c1cccc(F)c1CO. The number of morpholine rings is 1. The lowest BCUT2D eigenvalue weighted by molar-refractivity contribution is 0.0986. The Bertz CT molecular complexity index is 370. The molecule has 0 aliphatic carbocycles. The van der Waals surface area contributed by atoms with Crippen molar-refractivity contribution in [3.8, 4) is 0 Å². The Morgan fingerprint density at radius 2 is 2.38 bits per heavy atom. The second-order valence-corrected chi connectivity index (χ2v) is 4.01. The quantitative estimate of drug-likeness (QED) is 0.828. The first-order valence-electron chi connectivity index (χ1n) is 5.46. The minimum atomic E-state index is -0.348. The Balaban J connectivity index is 2.34. The minimum absolute atomic E-state index is 0.209. The predicted octanol–water partition coefficient (Wildman–Crippen LogP) is 1.54. The summed E-state index contributed by atoms with van der Waals surface area (Å²) in [7, 11) is 0. The standard InChI is InChI=1S/C12H16FNO2/c1-9-8-16-6-5-14(9)12-4-2-3-11(13)10(12)7-15/h2-4,9,15H,5-8H2,1H3. The summed E-state index contributed by atoms with van der Waals surface area (Å²) >= 11 is 0. The summed E-state index contributed by atoms with van der Waals surface area (Å²) in [6, 6.07) is 5.10. The number of ether oxygens (including phenoxy) is 1. The van der Waals surface area contributed by atoms with Gasteiger partial charge in [-0.05, 0) is 19.1 Å². The van der Waals surface area contributed by atoms with Crippen LogP contribution in [0.1, 0.15) is 12.5 Å². The summed E-state index contributed by atoms with van der Waals surface area (Å²) in [5.41, 5.74) is 1.15. The van der Waals surface area contributed by atoms with Gasteiger partial charge in [-0.25, -0.2) is 4.39 Å². The lowest BCUT2D eigenvalue weighted by Gasteiger charge is -2.36. The van der Waals surface area contributed by atoms with Gasteiger partial charge in [0.2, 0.25) is 0 Å². The zero-order valence-corrected chi connectivity index (χ0v) is 9.32. The van der Waals surface area contributed by atoms with E-state index in [0.717, 1.165) is 12.2 Å². The molecule has 0 aromatic heterocycles. The van der Waals surface area contributed by atoms with Crippen molar-refractivity contribution in [1.82, 2.24) is 0 Å². The van der Waals surface area contributed by atoms with Crippen molar-refractivity contribution >= 4 is 5.69 Å². The molecule has 16 heavy (non-hydrogen) atoms.